The van der Waals surface area contributed by atoms with Gasteiger partial charge in [0.1, 0.15) is 6.54 Å². The van der Waals surface area contributed by atoms with Crippen LogP contribution < -0.4 is 10.6 Å². The molecule has 1 amide bonds. The molecule has 1 heterocycles. The Hall–Kier alpha value is -0.610. The lowest BCUT2D eigenvalue weighted by Gasteiger charge is -2.40. The van der Waals surface area contributed by atoms with Gasteiger partial charge in [-0.1, -0.05) is 6.92 Å². The number of piperidine rings is 1. The van der Waals surface area contributed by atoms with Gasteiger partial charge in [-0.15, -0.1) is 24.0 Å². The highest BCUT2D eigenvalue weighted by Crippen LogP contribution is 2.27. The van der Waals surface area contributed by atoms with Gasteiger partial charge in [0.15, 0.2) is 5.96 Å². The number of rotatable bonds is 9. The van der Waals surface area contributed by atoms with Gasteiger partial charge in [0.05, 0.1) is 0 Å². The second-order valence-corrected chi connectivity index (χ2v) is 8.80. The molecule has 0 spiro atoms. The first kappa shape index (κ1) is 27.4. The second-order valence-electron chi connectivity index (χ2n) is 8.80. The Bertz CT molecular complexity index is 502. The predicted octanol–water partition coefficient (Wildman–Crippen LogP) is 2.70. The molecule has 7 nitrogen and oxygen atoms in total. The molecular weight excluding hydrogens is 493 g/mol. The Kier molecular flexibility index (Phi) is 13.9. The van der Waals surface area contributed by atoms with E-state index >= 15 is 0 Å². The van der Waals surface area contributed by atoms with Gasteiger partial charge in [0, 0.05) is 45.9 Å². The number of amides is 1. The zero-order valence-electron chi connectivity index (χ0n) is 19.5. The van der Waals surface area contributed by atoms with Gasteiger partial charge < -0.3 is 25.2 Å². The van der Waals surface area contributed by atoms with Gasteiger partial charge in [-0.3, -0.25) is 4.79 Å². The van der Waals surface area contributed by atoms with E-state index in [1.54, 1.807) is 19.0 Å². The second kappa shape index (κ2) is 15.2. The summed E-state index contributed by atoms with van der Waals surface area (Å²) < 4.78 is 5.41. The van der Waals surface area contributed by atoms with Crippen molar-refractivity contribution < 1.29 is 9.53 Å². The maximum Gasteiger partial charge on any atom is 0.243 e. The standard InChI is InChI=1S/C22H43N5O2.HI/c1-5-29-16-6-13-23-22(24-17-21(28)26(3)4)25-19-7-9-20(10-8-19)27-14-11-18(2)12-15-27;/h18-20H,5-17H2,1-4H3,(H2,23,24,25);1H. The van der Waals surface area contributed by atoms with Crippen LogP contribution in [-0.4, -0.2) is 87.2 Å². The van der Waals surface area contributed by atoms with Crippen molar-refractivity contribution in [1.82, 2.24) is 20.4 Å². The molecule has 2 aliphatic rings. The van der Waals surface area contributed by atoms with Gasteiger partial charge in [0.25, 0.3) is 0 Å². The number of guanidine groups is 1. The highest BCUT2D eigenvalue weighted by molar-refractivity contribution is 14.0. The minimum Gasteiger partial charge on any atom is -0.382 e. The third kappa shape index (κ3) is 10.1. The minimum atomic E-state index is 0. The van der Waals surface area contributed by atoms with Crippen molar-refractivity contribution in [2.24, 2.45) is 10.9 Å². The molecular formula is C22H44IN5O2. The number of nitrogens with zero attached hydrogens (tertiary/aromatic N) is 3. The summed E-state index contributed by atoms with van der Waals surface area (Å²) in [5.41, 5.74) is 0. The zero-order valence-corrected chi connectivity index (χ0v) is 21.8. The van der Waals surface area contributed by atoms with E-state index in [-0.39, 0.29) is 36.4 Å². The Morgan fingerprint density at radius 2 is 1.80 bits per heavy atom. The van der Waals surface area contributed by atoms with Crippen LogP contribution in [-0.2, 0) is 9.53 Å². The van der Waals surface area contributed by atoms with Crippen molar-refractivity contribution in [2.75, 3.05) is 53.5 Å². The van der Waals surface area contributed by atoms with Crippen LogP contribution >= 0.6 is 24.0 Å². The van der Waals surface area contributed by atoms with Crippen LogP contribution in [0.5, 0.6) is 0 Å². The number of carbonyl (C=O) groups excluding carboxylic acids is 1. The summed E-state index contributed by atoms with van der Waals surface area (Å²) in [5, 5.41) is 6.96. The number of aliphatic imine (C=N–C) groups is 1. The normalized spacial score (nSPS) is 23.5. The molecule has 0 aromatic heterocycles. The molecule has 0 unspecified atom stereocenters. The van der Waals surface area contributed by atoms with Crippen LogP contribution in [0.1, 0.15) is 58.8 Å². The lowest BCUT2D eigenvalue weighted by molar-refractivity contribution is -0.127. The topological polar surface area (TPSA) is 69.2 Å². The van der Waals surface area contributed by atoms with Gasteiger partial charge in [-0.2, -0.15) is 0 Å². The average molecular weight is 538 g/mol. The van der Waals surface area contributed by atoms with Crippen molar-refractivity contribution in [3.8, 4) is 0 Å². The highest BCUT2D eigenvalue weighted by atomic mass is 127. The Morgan fingerprint density at radius 1 is 1.13 bits per heavy atom. The van der Waals surface area contributed by atoms with Crippen molar-refractivity contribution in [3.05, 3.63) is 0 Å². The first-order valence-electron chi connectivity index (χ1n) is 11.6. The summed E-state index contributed by atoms with van der Waals surface area (Å²) in [5.74, 6) is 1.66. The molecule has 1 saturated heterocycles. The van der Waals surface area contributed by atoms with E-state index in [9.17, 15) is 4.79 Å². The Balaban J connectivity index is 0.00000450. The number of ether oxygens (including phenoxy) is 1. The number of carbonyl (C=O) groups is 1. The third-order valence-corrected chi connectivity index (χ3v) is 6.21. The third-order valence-electron chi connectivity index (χ3n) is 6.21. The summed E-state index contributed by atoms with van der Waals surface area (Å²) >= 11 is 0. The summed E-state index contributed by atoms with van der Waals surface area (Å²) in [7, 11) is 3.53. The van der Waals surface area contributed by atoms with Gasteiger partial charge >= 0.3 is 0 Å². The van der Waals surface area contributed by atoms with Gasteiger partial charge in [0.2, 0.25) is 5.91 Å². The average Bonchev–Trinajstić information content (AvgIpc) is 2.72. The van der Waals surface area contributed by atoms with Crippen LogP contribution in [0.25, 0.3) is 0 Å². The molecule has 0 radical (unpaired) electrons. The molecule has 1 aliphatic heterocycles. The fourth-order valence-electron chi connectivity index (χ4n) is 4.14. The molecule has 0 aromatic rings. The van der Waals surface area contributed by atoms with E-state index in [0.29, 0.717) is 6.04 Å². The predicted molar refractivity (Wildman–Crippen MR) is 135 cm³/mol. The molecule has 8 heteroatoms. The molecule has 2 fully saturated rings. The maximum atomic E-state index is 11.9. The van der Waals surface area contributed by atoms with Crippen molar-refractivity contribution in [2.45, 2.75) is 70.9 Å². The lowest BCUT2D eigenvalue weighted by atomic mass is 9.88. The summed E-state index contributed by atoms with van der Waals surface area (Å²) in [6.07, 6.45) is 8.45. The van der Waals surface area contributed by atoms with Crippen LogP contribution in [0.15, 0.2) is 4.99 Å². The van der Waals surface area contributed by atoms with E-state index in [0.717, 1.165) is 56.9 Å². The van der Waals surface area contributed by atoms with Crippen molar-refractivity contribution in [3.63, 3.8) is 0 Å². The quantitative estimate of drug-likeness (QED) is 0.205. The van der Waals surface area contributed by atoms with Crippen LogP contribution in [0.4, 0.5) is 0 Å². The highest BCUT2D eigenvalue weighted by Gasteiger charge is 2.28. The Morgan fingerprint density at radius 3 is 2.40 bits per heavy atom. The maximum absolute atomic E-state index is 11.9. The molecule has 176 valence electrons. The van der Waals surface area contributed by atoms with Gasteiger partial charge in [-0.25, -0.2) is 4.99 Å². The first-order chi connectivity index (χ1) is 14.0. The molecule has 0 aromatic carbocycles. The Labute approximate surface area is 200 Å². The van der Waals surface area contributed by atoms with E-state index in [1.807, 2.05) is 6.92 Å². The van der Waals surface area contributed by atoms with Gasteiger partial charge in [-0.05, 0) is 70.9 Å². The molecule has 30 heavy (non-hydrogen) atoms. The van der Waals surface area contributed by atoms with Crippen molar-refractivity contribution >= 4 is 35.8 Å². The van der Waals surface area contributed by atoms with E-state index in [2.05, 4.69) is 27.4 Å². The number of hydrogen-bond donors (Lipinski definition) is 2. The number of nitrogens with one attached hydrogen (secondary N) is 2. The fraction of sp³-hybridized carbons (Fsp3) is 0.909. The summed E-state index contributed by atoms with van der Waals surface area (Å²) in [4.78, 5) is 20.8. The largest absolute Gasteiger partial charge is 0.382 e. The lowest BCUT2D eigenvalue weighted by Crippen LogP contribution is -2.49. The SMILES string of the molecule is CCOCCCNC(=NCC(=O)N(C)C)NC1CCC(N2CCC(C)CC2)CC1.I. The number of likely N-dealkylation sites (tertiary alicyclic amines) is 1. The molecule has 2 rings (SSSR count). The number of hydrogen-bond acceptors (Lipinski definition) is 4. The van der Waals surface area contributed by atoms with E-state index < -0.39 is 0 Å². The van der Waals surface area contributed by atoms with E-state index in [1.165, 1.54) is 38.8 Å². The molecule has 0 atom stereocenters. The molecule has 1 aliphatic carbocycles. The monoisotopic (exact) mass is 537 g/mol. The van der Waals surface area contributed by atoms with Crippen LogP contribution in [0.2, 0.25) is 0 Å². The molecule has 1 saturated carbocycles. The van der Waals surface area contributed by atoms with Crippen LogP contribution in [0.3, 0.4) is 0 Å². The summed E-state index contributed by atoms with van der Waals surface area (Å²) in [6, 6.07) is 1.18. The fourth-order valence-corrected chi connectivity index (χ4v) is 4.14. The molecule has 2 N–H and O–H groups in total. The minimum absolute atomic E-state index is 0. The number of halogens is 1. The smallest absolute Gasteiger partial charge is 0.243 e. The summed E-state index contributed by atoms with van der Waals surface area (Å²) in [6.45, 7) is 9.38. The molecule has 0 bridgehead atoms. The zero-order chi connectivity index (χ0) is 21.1. The van der Waals surface area contributed by atoms with Crippen molar-refractivity contribution in [1.29, 1.82) is 0 Å². The van der Waals surface area contributed by atoms with Crippen LogP contribution in [0, 0.1) is 5.92 Å². The first-order valence-corrected chi connectivity index (χ1v) is 11.6. The van der Waals surface area contributed by atoms with E-state index in [4.69, 9.17) is 4.74 Å². The number of likely N-dealkylation sites (N-methyl/N-ethyl adjacent to an activating group) is 1.